The third-order valence-corrected chi connectivity index (χ3v) is 15.3. The van der Waals surface area contributed by atoms with E-state index in [1.807, 2.05) is 27.7 Å². The van der Waals surface area contributed by atoms with Crippen molar-refractivity contribution in [2.24, 2.45) is 45.8 Å². The summed E-state index contributed by atoms with van der Waals surface area (Å²) in [6.45, 7) is 17.6. The molecule has 0 radical (unpaired) electrons. The van der Waals surface area contributed by atoms with Crippen molar-refractivity contribution in [2.45, 2.75) is 157 Å². The molecule has 0 aromatic carbocycles. The van der Waals surface area contributed by atoms with Gasteiger partial charge in [0, 0.05) is 44.1 Å². The highest BCUT2D eigenvalue weighted by molar-refractivity contribution is 7.92. The number of ketones is 4. The number of amides is 1. The number of sulfone groups is 1. The minimum atomic E-state index is -3.46. The van der Waals surface area contributed by atoms with Crippen LogP contribution in [0.1, 0.15) is 146 Å². The number of fused-ring (bicyclic) bond motifs is 1. The average Bonchev–Trinajstić information content (AvgIpc) is 3.81. The van der Waals surface area contributed by atoms with Crippen molar-refractivity contribution >= 4 is 38.9 Å². The van der Waals surface area contributed by atoms with Gasteiger partial charge in [-0.1, -0.05) is 67.2 Å². The smallest absolute Gasteiger partial charge is 0.227 e. The second kappa shape index (κ2) is 14.0. The number of likely N-dealkylation sites (tertiary alicyclic amines) is 1. The molecule has 9 heteroatoms. The van der Waals surface area contributed by atoms with Gasteiger partial charge in [0.05, 0.1) is 16.5 Å². The van der Waals surface area contributed by atoms with Gasteiger partial charge in [-0.15, -0.1) is 0 Å². The van der Waals surface area contributed by atoms with E-state index in [0.29, 0.717) is 38.1 Å². The molecule has 0 bridgehead atoms. The molecule has 1 amide bonds. The Morgan fingerprint density at radius 1 is 0.896 bits per heavy atom. The molecule has 0 N–H and O–H groups in total. The van der Waals surface area contributed by atoms with Crippen molar-refractivity contribution in [1.82, 2.24) is 4.90 Å². The van der Waals surface area contributed by atoms with Gasteiger partial charge in [-0.2, -0.15) is 0 Å². The molecule has 48 heavy (non-hydrogen) atoms. The number of nitrogens with zero attached hydrogens (tertiary/aromatic N) is 1. The summed E-state index contributed by atoms with van der Waals surface area (Å²) in [7, 11) is -3.46. The lowest BCUT2D eigenvalue weighted by Crippen LogP contribution is -2.51. The number of rotatable bonds is 16. The normalized spacial score (nSPS) is 26.4. The van der Waals surface area contributed by atoms with E-state index in [1.165, 1.54) is 0 Å². The Kier molecular flexibility index (Phi) is 11.4. The third kappa shape index (κ3) is 8.51. The molecular weight excluding hydrogens is 626 g/mol. The molecule has 0 aromatic heterocycles. The van der Waals surface area contributed by atoms with E-state index < -0.39 is 49.1 Å². The monoisotopic (exact) mass is 689 g/mol. The summed E-state index contributed by atoms with van der Waals surface area (Å²) < 4.78 is 25.8. The van der Waals surface area contributed by atoms with Gasteiger partial charge in [0.1, 0.15) is 5.78 Å². The molecule has 0 aromatic rings. The lowest BCUT2D eigenvalue weighted by Gasteiger charge is -2.40. The summed E-state index contributed by atoms with van der Waals surface area (Å²) in [5.74, 6) is -2.18. The van der Waals surface area contributed by atoms with Crippen LogP contribution in [0.3, 0.4) is 0 Å². The van der Waals surface area contributed by atoms with E-state index in [4.69, 9.17) is 0 Å². The van der Waals surface area contributed by atoms with Crippen LogP contribution in [0.5, 0.6) is 0 Å². The highest BCUT2D eigenvalue weighted by Gasteiger charge is 2.69. The Balaban J connectivity index is 1.54. The van der Waals surface area contributed by atoms with E-state index in [9.17, 15) is 32.4 Å². The molecule has 4 rings (SSSR count). The van der Waals surface area contributed by atoms with Crippen molar-refractivity contribution in [3.8, 4) is 0 Å². The summed E-state index contributed by atoms with van der Waals surface area (Å²) in [6, 6.07) is -0.676. The summed E-state index contributed by atoms with van der Waals surface area (Å²) in [4.78, 5) is 70.3. The van der Waals surface area contributed by atoms with Crippen molar-refractivity contribution in [2.75, 3.05) is 12.3 Å². The Hall–Kier alpha value is -1.90. The van der Waals surface area contributed by atoms with E-state index in [2.05, 4.69) is 13.8 Å². The number of carbonyl (C=O) groups is 5. The molecule has 1 aliphatic heterocycles. The molecule has 4 aliphatic rings. The van der Waals surface area contributed by atoms with Crippen molar-refractivity contribution in [1.29, 1.82) is 0 Å². The standard InChI is InChI=1S/C39H63NO7S/c1-10-14-26(34(44)31(43)19-25-15-16-25)20-30(42)33-32-29(38(32,8)9)23-40(33)35(45)28(36(2,3)4)21-27(41)22-39(17-12-11-13-18-39)24-48(46,47)37(5,6)7/h25-26,28-29,32-33H,10-24H2,1-9H3/t26-,28-,29+,32+,33-/m1/s1. The zero-order chi connectivity index (χ0) is 36.0. The lowest BCUT2D eigenvalue weighted by molar-refractivity contribution is -0.148. The Morgan fingerprint density at radius 3 is 2.02 bits per heavy atom. The maximum Gasteiger partial charge on any atom is 0.227 e. The number of hydrogen-bond donors (Lipinski definition) is 0. The van der Waals surface area contributed by atoms with Crippen LogP contribution >= 0.6 is 0 Å². The van der Waals surface area contributed by atoms with Gasteiger partial charge < -0.3 is 4.90 Å². The maximum absolute atomic E-state index is 14.5. The fourth-order valence-corrected chi connectivity index (χ4v) is 10.4. The van der Waals surface area contributed by atoms with E-state index >= 15 is 0 Å². The third-order valence-electron chi connectivity index (χ3n) is 12.4. The SMILES string of the molecule is CCC[C@H](CC(=O)[C@@H]1[C@@H]2[C@H](CN1C(=O)[C@@H](CC(=O)CC1(CS(=O)(=O)C(C)(C)C)CCCCC1)C(C)(C)C)C2(C)C)C(=O)C(=O)CC1CC1. The van der Waals surface area contributed by atoms with Crippen LogP contribution in [-0.2, 0) is 33.8 Å². The summed E-state index contributed by atoms with van der Waals surface area (Å²) in [5, 5.41) is 0. The highest BCUT2D eigenvalue weighted by atomic mass is 32.2. The van der Waals surface area contributed by atoms with E-state index in [1.54, 1.807) is 25.7 Å². The predicted octanol–water partition coefficient (Wildman–Crippen LogP) is 6.96. The van der Waals surface area contributed by atoms with Crippen LogP contribution in [-0.4, -0.2) is 65.4 Å². The second-order valence-electron chi connectivity index (χ2n) is 18.8. The summed E-state index contributed by atoms with van der Waals surface area (Å²) in [5.41, 5.74) is -1.31. The van der Waals surface area contributed by atoms with Crippen LogP contribution in [0, 0.1) is 45.8 Å². The number of piperidine rings is 1. The van der Waals surface area contributed by atoms with Gasteiger partial charge in [0.15, 0.2) is 21.4 Å². The molecule has 0 unspecified atom stereocenters. The molecule has 1 saturated heterocycles. The first-order chi connectivity index (χ1) is 22.0. The molecular formula is C39H63NO7S. The number of carbonyl (C=O) groups excluding carboxylic acids is 5. The van der Waals surface area contributed by atoms with Crippen molar-refractivity contribution < 1.29 is 32.4 Å². The van der Waals surface area contributed by atoms with Gasteiger partial charge >= 0.3 is 0 Å². The molecule has 3 saturated carbocycles. The van der Waals surface area contributed by atoms with Crippen molar-refractivity contribution in [3.63, 3.8) is 0 Å². The van der Waals surface area contributed by atoms with Gasteiger partial charge in [-0.25, -0.2) is 8.42 Å². The van der Waals surface area contributed by atoms with E-state index in [-0.39, 0.29) is 71.9 Å². The van der Waals surface area contributed by atoms with Gasteiger partial charge in [0.25, 0.3) is 0 Å². The minimum absolute atomic E-state index is 0.00238. The largest absolute Gasteiger partial charge is 0.332 e. The minimum Gasteiger partial charge on any atom is -0.332 e. The quantitative estimate of drug-likeness (QED) is 0.161. The fraction of sp³-hybridized carbons (Fsp3) is 0.872. The summed E-state index contributed by atoms with van der Waals surface area (Å²) in [6.07, 6.45) is 7.63. The van der Waals surface area contributed by atoms with Crippen LogP contribution in [0.25, 0.3) is 0 Å². The maximum atomic E-state index is 14.5. The molecule has 272 valence electrons. The number of Topliss-reactive ketones (excluding diaryl/α,β-unsaturated/α-hetero) is 4. The fourth-order valence-electron chi connectivity index (χ4n) is 8.81. The predicted molar refractivity (Wildman–Crippen MR) is 188 cm³/mol. The molecule has 1 heterocycles. The Labute approximate surface area is 290 Å². The lowest BCUT2D eigenvalue weighted by atomic mass is 9.70. The highest BCUT2D eigenvalue weighted by Crippen LogP contribution is 2.65. The Bertz CT molecular complexity index is 1370. The first-order valence-corrected chi connectivity index (χ1v) is 20.3. The molecule has 5 atom stereocenters. The van der Waals surface area contributed by atoms with Gasteiger partial charge in [-0.3, -0.25) is 24.0 Å². The molecule has 4 fully saturated rings. The average molecular weight is 690 g/mol. The van der Waals surface area contributed by atoms with Crippen LogP contribution in [0.4, 0.5) is 0 Å². The zero-order valence-electron chi connectivity index (χ0n) is 31.3. The van der Waals surface area contributed by atoms with Crippen LogP contribution in [0.2, 0.25) is 0 Å². The van der Waals surface area contributed by atoms with Gasteiger partial charge in [0.2, 0.25) is 11.7 Å². The number of hydrogen-bond acceptors (Lipinski definition) is 7. The molecule has 8 nitrogen and oxygen atoms in total. The van der Waals surface area contributed by atoms with E-state index in [0.717, 1.165) is 32.1 Å². The first-order valence-electron chi connectivity index (χ1n) is 18.7. The molecule has 0 spiro atoms. The van der Waals surface area contributed by atoms with Crippen LogP contribution in [0.15, 0.2) is 0 Å². The topological polar surface area (TPSA) is 123 Å². The van der Waals surface area contributed by atoms with Crippen LogP contribution < -0.4 is 0 Å². The first kappa shape index (κ1) is 38.9. The van der Waals surface area contributed by atoms with Gasteiger partial charge in [-0.05, 0) is 86.9 Å². The Morgan fingerprint density at radius 2 is 1.50 bits per heavy atom. The summed E-state index contributed by atoms with van der Waals surface area (Å²) >= 11 is 0. The second-order valence-corrected chi connectivity index (χ2v) is 21.5. The van der Waals surface area contributed by atoms with Crippen molar-refractivity contribution in [3.05, 3.63) is 0 Å². The molecule has 3 aliphatic carbocycles. The zero-order valence-corrected chi connectivity index (χ0v) is 32.1.